The minimum Gasteiger partial charge on any atom is -0.481 e. The van der Waals surface area contributed by atoms with Crippen molar-refractivity contribution < 1.29 is 14.7 Å². The highest BCUT2D eigenvalue weighted by atomic mass is 79.9. The molecule has 1 aromatic rings. The van der Waals surface area contributed by atoms with Crippen molar-refractivity contribution in [3.05, 3.63) is 21.9 Å². The fourth-order valence-electron chi connectivity index (χ4n) is 2.19. The highest BCUT2D eigenvalue weighted by molar-refractivity contribution is 9.10. The van der Waals surface area contributed by atoms with Gasteiger partial charge in [-0.2, -0.15) is 0 Å². The Morgan fingerprint density at radius 2 is 2.11 bits per heavy atom. The Bertz CT molecular complexity index is 524. The number of halogens is 2. The van der Waals surface area contributed by atoms with E-state index in [-0.39, 0.29) is 17.0 Å². The van der Waals surface area contributed by atoms with Gasteiger partial charge in [0.05, 0.1) is 11.6 Å². The summed E-state index contributed by atoms with van der Waals surface area (Å²) in [7, 11) is 0. The summed E-state index contributed by atoms with van der Waals surface area (Å²) >= 11 is 9.13. The lowest BCUT2D eigenvalue weighted by molar-refractivity contribution is -0.141. The first-order valence-electron chi connectivity index (χ1n) is 5.82. The standard InChI is InChI=1S/C12H12BrClN2O3/c13-8-4-9(10(14)15-5-8)16-11(17)6-1-2-7(3-6)12(18)19/h4-7H,1-3H2,(H,16,17)(H,18,19)/t6-,7+/m1/s1. The Balaban J connectivity index is 2.02. The molecule has 0 spiro atoms. The summed E-state index contributed by atoms with van der Waals surface area (Å²) in [5, 5.41) is 11.8. The number of aromatic nitrogens is 1. The molecular weight excluding hydrogens is 336 g/mol. The number of rotatable bonds is 3. The van der Waals surface area contributed by atoms with Gasteiger partial charge in [0, 0.05) is 16.6 Å². The minimum absolute atomic E-state index is 0.203. The van der Waals surface area contributed by atoms with E-state index in [1.165, 1.54) is 6.20 Å². The predicted molar refractivity (Wildman–Crippen MR) is 74.0 cm³/mol. The van der Waals surface area contributed by atoms with Crippen molar-refractivity contribution in [2.45, 2.75) is 19.3 Å². The van der Waals surface area contributed by atoms with E-state index < -0.39 is 11.9 Å². The predicted octanol–water partition coefficient (Wildman–Crippen LogP) is 2.94. The number of amides is 1. The summed E-state index contributed by atoms with van der Waals surface area (Å²) in [6, 6.07) is 1.66. The molecule has 1 heterocycles. The highest BCUT2D eigenvalue weighted by Gasteiger charge is 2.34. The number of carbonyl (C=O) groups is 2. The van der Waals surface area contributed by atoms with Gasteiger partial charge in [-0.1, -0.05) is 11.6 Å². The molecule has 1 amide bonds. The maximum atomic E-state index is 12.0. The van der Waals surface area contributed by atoms with Gasteiger partial charge in [0.25, 0.3) is 0 Å². The Morgan fingerprint density at radius 1 is 1.42 bits per heavy atom. The van der Waals surface area contributed by atoms with E-state index in [9.17, 15) is 9.59 Å². The van der Waals surface area contributed by atoms with Crippen LogP contribution in [0.3, 0.4) is 0 Å². The van der Waals surface area contributed by atoms with Gasteiger partial charge in [0.15, 0.2) is 5.15 Å². The molecule has 1 aromatic heterocycles. The summed E-state index contributed by atoms with van der Waals surface area (Å²) in [5.41, 5.74) is 0.430. The molecule has 0 aliphatic heterocycles. The van der Waals surface area contributed by atoms with Crippen LogP contribution in [0.5, 0.6) is 0 Å². The molecule has 2 rings (SSSR count). The minimum atomic E-state index is -0.836. The second-order valence-corrected chi connectivity index (χ2v) is 5.80. The molecule has 0 bridgehead atoms. The number of carboxylic acid groups (broad SMARTS) is 1. The van der Waals surface area contributed by atoms with Crippen LogP contribution in [0.15, 0.2) is 16.7 Å². The number of anilines is 1. The number of pyridine rings is 1. The van der Waals surface area contributed by atoms with Gasteiger partial charge < -0.3 is 10.4 Å². The SMILES string of the molecule is O=C(O)[C@H]1CC[C@@H](C(=O)Nc2cc(Br)cnc2Cl)C1. The Kier molecular flexibility index (Phi) is 4.42. The van der Waals surface area contributed by atoms with Crippen LogP contribution < -0.4 is 5.32 Å². The average molecular weight is 348 g/mol. The summed E-state index contributed by atoms with van der Waals surface area (Å²) < 4.78 is 0.710. The molecule has 5 nitrogen and oxygen atoms in total. The number of carboxylic acids is 1. The Hall–Kier alpha value is -1.14. The lowest BCUT2D eigenvalue weighted by Crippen LogP contribution is -2.22. The zero-order chi connectivity index (χ0) is 14.0. The van der Waals surface area contributed by atoms with Crippen molar-refractivity contribution in [3.63, 3.8) is 0 Å². The van der Waals surface area contributed by atoms with E-state index in [0.29, 0.717) is 29.4 Å². The Morgan fingerprint density at radius 3 is 2.74 bits per heavy atom. The third kappa shape index (κ3) is 3.45. The van der Waals surface area contributed by atoms with Gasteiger partial charge in [-0.3, -0.25) is 9.59 Å². The van der Waals surface area contributed by atoms with E-state index in [1.54, 1.807) is 6.07 Å². The van der Waals surface area contributed by atoms with Crippen LogP contribution in [0, 0.1) is 11.8 Å². The van der Waals surface area contributed by atoms with Crippen molar-refractivity contribution >= 4 is 45.1 Å². The molecule has 1 saturated carbocycles. The molecule has 19 heavy (non-hydrogen) atoms. The number of hydrogen-bond donors (Lipinski definition) is 2. The first-order valence-corrected chi connectivity index (χ1v) is 6.99. The van der Waals surface area contributed by atoms with Gasteiger partial charge in [-0.25, -0.2) is 4.98 Å². The van der Waals surface area contributed by atoms with Gasteiger partial charge >= 0.3 is 5.97 Å². The largest absolute Gasteiger partial charge is 0.481 e. The van der Waals surface area contributed by atoms with Crippen molar-refractivity contribution in [2.24, 2.45) is 11.8 Å². The van der Waals surface area contributed by atoms with Crippen molar-refractivity contribution in [3.8, 4) is 0 Å². The van der Waals surface area contributed by atoms with E-state index >= 15 is 0 Å². The van der Waals surface area contributed by atoms with Crippen LogP contribution in [0.1, 0.15) is 19.3 Å². The quantitative estimate of drug-likeness (QED) is 0.824. The smallest absolute Gasteiger partial charge is 0.306 e. The topological polar surface area (TPSA) is 79.3 Å². The van der Waals surface area contributed by atoms with Crippen molar-refractivity contribution in [1.29, 1.82) is 0 Å². The second kappa shape index (κ2) is 5.88. The number of carbonyl (C=O) groups excluding carboxylic acids is 1. The van der Waals surface area contributed by atoms with Crippen LogP contribution in [0.4, 0.5) is 5.69 Å². The summed E-state index contributed by atoms with van der Waals surface area (Å²) in [5.74, 6) is -1.74. The summed E-state index contributed by atoms with van der Waals surface area (Å²) in [4.78, 5) is 26.8. The van der Waals surface area contributed by atoms with Gasteiger partial charge in [0.2, 0.25) is 5.91 Å². The average Bonchev–Trinajstić information content (AvgIpc) is 2.83. The van der Waals surface area contributed by atoms with Crippen LogP contribution in [0.25, 0.3) is 0 Å². The fourth-order valence-corrected chi connectivity index (χ4v) is 2.67. The van der Waals surface area contributed by atoms with Crippen LogP contribution >= 0.6 is 27.5 Å². The summed E-state index contributed by atoms with van der Waals surface area (Å²) in [6.45, 7) is 0. The van der Waals surface area contributed by atoms with E-state index in [0.717, 1.165) is 0 Å². The van der Waals surface area contributed by atoms with Gasteiger partial charge in [-0.15, -0.1) is 0 Å². The molecule has 102 valence electrons. The molecule has 2 atom stereocenters. The molecule has 0 aromatic carbocycles. The van der Waals surface area contributed by atoms with E-state index in [2.05, 4.69) is 26.2 Å². The summed E-state index contributed by atoms with van der Waals surface area (Å²) in [6.07, 6.45) is 3.04. The molecule has 1 aliphatic rings. The first-order chi connectivity index (χ1) is 8.97. The zero-order valence-electron chi connectivity index (χ0n) is 9.90. The normalized spacial score (nSPS) is 22.2. The van der Waals surface area contributed by atoms with Crippen molar-refractivity contribution in [2.75, 3.05) is 5.32 Å². The maximum absolute atomic E-state index is 12.0. The first kappa shape index (κ1) is 14.3. The lowest BCUT2D eigenvalue weighted by Gasteiger charge is -2.11. The zero-order valence-corrected chi connectivity index (χ0v) is 12.2. The van der Waals surface area contributed by atoms with Gasteiger partial charge in [0.1, 0.15) is 0 Å². The fraction of sp³-hybridized carbons (Fsp3) is 0.417. The molecule has 1 aliphatic carbocycles. The van der Waals surface area contributed by atoms with E-state index in [4.69, 9.17) is 16.7 Å². The number of nitrogens with one attached hydrogen (secondary N) is 1. The van der Waals surface area contributed by atoms with Crippen LogP contribution in [-0.4, -0.2) is 22.0 Å². The third-order valence-electron chi connectivity index (χ3n) is 3.22. The highest BCUT2D eigenvalue weighted by Crippen LogP contribution is 2.32. The number of hydrogen-bond acceptors (Lipinski definition) is 3. The number of nitrogens with zero attached hydrogens (tertiary/aromatic N) is 1. The molecule has 2 N–H and O–H groups in total. The molecule has 1 fully saturated rings. The van der Waals surface area contributed by atoms with Crippen LogP contribution in [0.2, 0.25) is 5.15 Å². The molecule has 0 radical (unpaired) electrons. The molecular formula is C12H12BrClN2O3. The third-order valence-corrected chi connectivity index (χ3v) is 3.95. The van der Waals surface area contributed by atoms with Crippen LogP contribution in [-0.2, 0) is 9.59 Å². The second-order valence-electron chi connectivity index (χ2n) is 4.53. The van der Waals surface area contributed by atoms with Gasteiger partial charge in [-0.05, 0) is 41.3 Å². The molecule has 7 heteroatoms. The Labute approximate surface area is 123 Å². The monoisotopic (exact) mass is 346 g/mol. The molecule has 0 unspecified atom stereocenters. The lowest BCUT2D eigenvalue weighted by atomic mass is 10.0. The van der Waals surface area contributed by atoms with Crippen molar-refractivity contribution in [1.82, 2.24) is 4.98 Å². The molecule has 0 saturated heterocycles. The van der Waals surface area contributed by atoms with E-state index in [1.807, 2.05) is 0 Å². The maximum Gasteiger partial charge on any atom is 0.306 e. The number of aliphatic carboxylic acids is 1.